The van der Waals surface area contributed by atoms with Crippen molar-refractivity contribution in [2.24, 2.45) is 0 Å². The third-order valence-electron chi connectivity index (χ3n) is 3.06. The van der Waals surface area contributed by atoms with E-state index in [2.05, 4.69) is 9.97 Å². The molecule has 11 heteroatoms. The van der Waals surface area contributed by atoms with Crippen molar-refractivity contribution in [3.63, 3.8) is 0 Å². The molecule has 0 aliphatic carbocycles. The number of halogens is 2. The Bertz CT molecular complexity index is 967. The molecule has 0 unspecified atom stereocenters. The first-order valence-corrected chi connectivity index (χ1v) is 9.00. The maximum atomic E-state index is 12.1. The molecule has 1 aromatic carbocycles. The third kappa shape index (κ3) is 3.52. The highest BCUT2D eigenvalue weighted by Crippen LogP contribution is 2.38. The number of rotatable bonds is 5. The van der Waals surface area contributed by atoms with Crippen molar-refractivity contribution in [3.8, 4) is 0 Å². The summed E-state index contributed by atoms with van der Waals surface area (Å²) in [6.45, 7) is -0.318. The lowest BCUT2D eigenvalue weighted by atomic mass is 10.2. The van der Waals surface area contributed by atoms with Crippen LogP contribution in [0.4, 0.5) is 5.69 Å². The third-order valence-corrected chi connectivity index (χ3v) is 5.00. The smallest absolute Gasteiger partial charge is 0.314 e. The minimum absolute atomic E-state index is 0.00881. The van der Waals surface area contributed by atoms with Gasteiger partial charge in [0.25, 0.3) is 0 Å². The summed E-state index contributed by atoms with van der Waals surface area (Å²) in [5.74, 6) is 0. The fraction of sp³-hybridized carbons (Fsp3) is 0.333. The number of hydrogen-bond donors (Lipinski definition) is 3. The van der Waals surface area contributed by atoms with E-state index in [1.807, 2.05) is 0 Å². The summed E-state index contributed by atoms with van der Waals surface area (Å²) in [6.07, 6.45) is 1.10. The van der Waals surface area contributed by atoms with Gasteiger partial charge < -0.3 is 15.1 Å². The quantitative estimate of drug-likeness (QED) is 0.656. The molecule has 3 N–H and O–H groups in total. The molecule has 0 radical (unpaired) electrons. The number of H-pyrrole nitrogens is 2. The standard InChI is InChI=1S/C12H13Cl2N3O5S/c1-23(21,22)17(3-2-4-18)10-8(14)6(13)5-7-9(10)16-12(20)11(19)15-7/h5,18H,2-4H2,1H3,(H,15,19)(H,16,20). The number of aromatic amines is 2. The van der Waals surface area contributed by atoms with Crippen LogP contribution in [0, 0.1) is 0 Å². The van der Waals surface area contributed by atoms with Gasteiger partial charge in [0.05, 0.1) is 33.0 Å². The van der Waals surface area contributed by atoms with E-state index in [0.717, 1.165) is 10.6 Å². The molecule has 2 rings (SSSR count). The highest BCUT2D eigenvalue weighted by Gasteiger charge is 2.25. The van der Waals surface area contributed by atoms with Crippen molar-refractivity contribution in [1.82, 2.24) is 9.97 Å². The van der Waals surface area contributed by atoms with E-state index in [4.69, 9.17) is 28.3 Å². The van der Waals surface area contributed by atoms with Crippen LogP contribution in [-0.4, -0.2) is 42.9 Å². The van der Waals surface area contributed by atoms with E-state index in [1.165, 1.54) is 6.07 Å². The van der Waals surface area contributed by atoms with Crippen LogP contribution in [0.5, 0.6) is 0 Å². The first-order valence-electron chi connectivity index (χ1n) is 6.39. The first-order chi connectivity index (χ1) is 10.7. The molecule has 0 saturated heterocycles. The second-order valence-electron chi connectivity index (χ2n) is 4.76. The minimum atomic E-state index is -3.78. The molecule has 1 aromatic heterocycles. The Morgan fingerprint density at radius 1 is 1.22 bits per heavy atom. The van der Waals surface area contributed by atoms with Crippen LogP contribution in [0.1, 0.15) is 6.42 Å². The molecule has 8 nitrogen and oxygen atoms in total. The molecule has 0 atom stereocenters. The Hall–Kier alpha value is -1.55. The van der Waals surface area contributed by atoms with E-state index in [1.54, 1.807) is 0 Å². The van der Waals surface area contributed by atoms with Gasteiger partial charge in [-0.15, -0.1) is 0 Å². The summed E-state index contributed by atoms with van der Waals surface area (Å²) < 4.78 is 25.1. The van der Waals surface area contributed by atoms with Gasteiger partial charge in [0.15, 0.2) is 0 Å². The van der Waals surface area contributed by atoms with E-state index >= 15 is 0 Å². The van der Waals surface area contributed by atoms with Crippen molar-refractivity contribution < 1.29 is 13.5 Å². The van der Waals surface area contributed by atoms with Gasteiger partial charge in [0, 0.05) is 13.2 Å². The van der Waals surface area contributed by atoms with Crippen LogP contribution in [-0.2, 0) is 10.0 Å². The fourth-order valence-electron chi connectivity index (χ4n) is 2.08. The molecular formula is C12H13Cl2N3O5S. The molecular weight excluding hydrogens is 369 g/mol. The summed E-state index contributed by atoms with van der Waals surface area (Å²) >= 11 is 12.1. The van der Waals surface area contributed by atoms with Crippen LogP contribution in [0.25, 0.3) is 11.0 Å². The Kier molecular flexibility index (Phi) is 5.04. The van der Waals surface area contributed by atoms with Crippen molar-refractivity contribution in [3.05, 3.63) is 36.8 Å². The normalized spacial score (nSPS) is 11.8. The van der Waals surface area contributed by atoms with Gasteiger partial charge >= 0.3 is 11.1 Å². The van der Waals surface area contributed by atoms with Crippen molar-refractivity contribution in [2.45, 2.75) is 6.42 Å². The van der Waals surface area contributed by atoms with Crippen molar-refractivity contribution in [2.75, 3.05) is 23.7 Å². The largest absolute Gasteiger partial charge is 0.396 e. The molecule has 2 aromatic rings. The molecule has 0 bridgehead atoms. The number of anilines is 1. The molecule has 0 saturated carbocycles. The van der Waals surface area contributed by atoms with Gasteiger partial charge in [-0.05, 0) is 12.5 Å². The van der Waals surface area contributed by atoms with E-state index in [-0.39, 0.29) is 46.3 Å². The lowest BCUT2D eigenvalue weighted by Crippen LogP contribution is -2.34. The van der Waals surface area contributed by atoms with Crippen LogP contribution < -0.4 is 15.4 Å². The van der Waals surface area contributed by atoms with Crippen molar-refractivity contribution >= 4 is 49.9 Å². The van der Waals surface area contributed by atoms with Gasteiger partial charge in [-0.2, -0.15) is 0 Å². The Balaban J connectivity index is 2.89. The topological polar surface area (TPSA) is 123 Å². The zero-order valence-electron chi connectivity index (χ0n) is 11.9. The maximum absolute atomic E-state index is 12.1. The highest BCUT2D eigenvalue weighted by molar-refractivity contribution is 7.92. The predicted octanol–water partition coefficient (Wildman–Crippen LogP) is 0.672. The zero-order chi connectivity index (χ0) is 17.4. The lowest BCUT2D eigenvalue weighted by Gasteiger charge is -2.24. The molecule has 0 fully saturated rings. The monoisotopic (exact) mass is 381 g/mol. The van der Waals surface area contributed by atoms with Gasteiger partial charge in [0.2, 0.25) is 10.0 Å². The van der Waals surface area contributed by atoms with Gasteiger partial charge in [-0.25, -0.2) is 8.42 Å². The molecule has 126 valence electrons. The van der Waals surface area contributed by atoms with Crippen molar-refractivity contribution in [1.29, 1.82) is 0 Å². The summed E-state index contributed by atoms with van der Waals surface area (Å²) in [5.41, 5.74) is -1.74. The second-order valence-corrected chi connectivity index (χ2v) is 7.46. The Morgan fingerprint density at radius 3 is 2.39 bits per heavy atom. The minimum Gasteiger partial charge on any atom is -0.396 e. The highest BCUT2D eigenvalue weighted by atomic mass is 35.5. The number of hydrogen-bond acceptors (Lipinski definition) is 5. The van der Waals surface area contributed by atoms with Gasteiger partial charge in [-0.1, -0.05) is 23.2 Å². The molecule has 23 heavy (non-hydrogen) atoms. The SMILES string of the molecule is CS(=O)(=O)N(CCCO)c1c(Cl)c(Cl)cc2[nH]c(=O)c(=O)[nH]c12. The zero-order valence-corrected chi connectivity index (χ0v) is 14.2. The van der Waals surface area contributed by atoms with E-state index in [9.17, 15) is 18.0 Å². The summed E-state index contributed by atoms with van der Waals surface area (Å²) in [5, 5.41) is 8.88. The molecule has 0 amide bonds. The molecule has 1 heterocycles. The number of fused-ring (bicyclic) bond motifs is 1. The molecule has 0 aliphatic rings. The number of benzene rings is 1. The predicted molar refractivity (Wildman–Crippen MR) is 89.1 cm³/mol. The Morgan fingerprint density at radius 2 is 1.83 bits per heavy atom. The first kappa shape index (κ1) is 17.8. The van der Waals surface area contributed by atoms with Crippen LogP contribution >= 0.6 is 23.2 Å². The van der Waals surface area contributed by atoms with Crippen LogP contribution in [0.15, 0.2) is 15.7 Å². The average molecular weight is 382 g/mol. The van der Waals surface area contributed by atoms with Gasteiger partial charge in [-0.3, -0.25) is 13.9 Å². The number of aliphatic hydroxyl groups is 1. The Labute approximate surface area is 140 Å². The van der Waals surface area contributed by atoms with E-state index in [0.29, 0.717) is 0 Å². The number of aromatic nitrogens is 2. The van der Waals surface area contributed by atoms with Crippen LogP contribution in [0.2, 0.25) is 10.0 Å². The molecule has 0 aliphatic heterocycles. The number of nitrogens with zero attached hydrogens (tertiary/aromatic N) is 1. The van der Waals surface area contributed by atoms with Gasteiger partial charge in [0.1, 0.15) is 0 Å². The van der Waals surface area contributed by atoms with Crippen LogP contribution in [0.3, 0.4) is 0 Å². The summed E-state index contributed by atoms with van der Waals surface area (Å²) in [6, 6.07) is 1.31. The number of sulfonamides is 1. The second kappa shape index (κ2) is 6.52. The lowest BCUT2D eigenvalue weighted by molar-refractivity contribution is 0.291. The summed E-state index contributed by atoms with van der Waals surface area (Å²) in [7, 11) is -3.78. The van der Waals surface area contributed by atoms with E-state index < -0.39 is 21.1 Å². The average Bonchev–Trinajstić information content (AvgIpc) is 2.44. The molecule has 0 spiro atoms. The number of aliphatic hydroxyl groups excluding tert-OH is 1. The maximum Gasteiger partial charge on any atom is 0.314 e. The summed E-state index contributed by atoms with van der Waals surface area (Å²) in [4.78, 5) is 27.7. The fourth-order valence-corrected chi connectivity index (χ4v) is 3.55. The number of nitrogens with one attached hydrogen (secondary N) is 2.